The van der Waals surface area contributed by atoms with Crippen LogP contribution in [0, 0.1) is 0 Å². The molecule has 2 aromatic carbocycles. The van der Waals surface area contributed by atoms with Crippen LogP contribution < -0.4 is 15.5 Å². The van der Waals surface area contributed by atoms with Crippen molar-refractivity contribution in [3.05, 3.63) is 65.2 Å². The fourth-order valence-electron chi connectivity index (χ4n) is 3.06. The quantitative estimate of drug-likeness (QED) is 0.912. The van der Waals surface area contributed by atoms with Gasteiger partial charge in [0.2, 0.25) is 0 Å². The number of carbonyl (C=O) groups excluding carboxylic acids is 2. The molecule has 0 aromatic heterocycles. The van der Waals surface area contributed by atoms with E-state index >= 15 is 0 Å². The minimum atomic E-state index is -0.221. The summed E-state index contributed by atoms with van der Waals surface area (Å²) in [7, 11) is 1.58. The average Bonchev–Trinajstić information content (AvgIpc) is 2.94. The largest absolute Gasteiger partial charge is 0.341 e. The summed E-state index contributed by atoms with van der Waals surface area (Å²) in [6.07, 6.45) is 0.844. The monoisotopic (exact) mass is 323 g/mol. The summed E-state index contributed by atoms with van der Waals surface area (Å²) in [5.41, 5.74) is 3.76. The molecule has 0 unspecified atom stereocenters. The van der Waals surface area contributed by atoms with Crippen LogP contribution in [0.4, 0.5) is 10.5 Å². The van der Waals surface area contributed by atoms with Crippen molar-refractivity contribution in [2.24, 2.45) is 0 Å². The number of fused-ring (bicyclic) bond motifs is 1. The van der Waals surface area contributed by atoms with Crippen LogP contribution in [-0.2, 0) is 13.0 Å². The number of amides is 3. The predicted octanol–water partition coefficient (Wildman–Crippen LogP) is 2.71. The maximum absolute atomic E-state index is 12.9. The first-order valence-electron chi connectivity index (χ1n) is 8.06. The molecule has 0 radical (unpaired) electrons. The van der Waals surface area contributed by atoms with E-state index in [0.29, 0.717) is 12.1 Å². The van der Waals surface area contributed by atoms with Crippen molar-refractivity contribution in [2.75, 3.05) is 11.9 Å². The van der Waals surface area contributed by atoms with E-state index < -0.39 is 0 Å². The molecule has 0 spiro atoms. The van der Waals surface area contributed by atoms with Crippen molar-refractivity contribution in [3.8, 4) is 0 Å². The third kappa shape index (κ3) is 3.11. The summed E-state index contributed by atoms with van der Waals surface area (Å²) in [6.45, 7) is 2.48. The van der Waals surface area contributed by atoms with Gasteiger partial charge in [-0.3, -0.25) is 4.79 Å². The van der Waals surface area contributed by atoms with Crippen LogP contribution in [-0.4, -0.2) is 25.0 Å². The Morgan fingerprint density at radius 2 is 1.92 bits per heavy atom. The van der Waals surface area contributed by atoms with Gasteiger partial charge in [-0.1, -0.05) is 30.3 Å². The van der Waals surface area contributed by atoms with Crippen molar-refractivity contribution >= 4 is 17.6 Å². The molecule has 3 amide bonds. The summed E-state index contributed by atoms with van der Waals surface area (Å²) in [5, 5.41) is 5.30. The molecule has 1 aliphatic rings. The van der Waals surface area contributed by atoms with Crippen molar-refractivity contribution < 1.29 is 9.59 Å². The molecule has 0 saturated heterocycles. The fraction of sp³-hybridized carbons (Fsp3) is 0.263. The third-order valence-electron chi connectivity index (χ3n) is 4.29. The molecule has 0 fully saturated rings. The standard InChI is InChI=1S/C19H21N3O2/c1-13-10-16-9-8-14(12-21-19(24)20-2)11-17(16)22(13)18(23)15-6-4-3-5-7-15/h3-9,11,13H,10,12H2,1-2H3,(H2,20,21,24)/t13-/m1/s1. The van der Waals surface area contributed by atoms with Crippen LogP contribution in [0.5, 0.6) is 0 Å². The molecular weight excluding hydrogens is 302 g/mol. The van der Waals surface area contributed by atoms with E-state index in [-0.39, 0.29) is 18.0 Å². The third-order valence-corrected chi connectivity index (χ3v) is 4.29. The predicted molar refractivity (Wildman–Crippen MR) is 94.2 cm³/mol. The fourth-order valence-corrected chi connectivity index (χ4v) is 3.06. The number of hydrogen-bond acceptors (Lipinski definition) is 2. The number of anilines is 1. The second-order valence-corrected chi connectivity index (χ2v) is 5.99. The molecule has 5 heteroatoms. The van der Waals surface area contributed by atoms with Gasteiger partial charge in [-0.15, -0.1) is 0 Å². The van der Waals surface area contributed by atoms with Crippen molar-refractivity contribution in [1.82, 2.24) is 10.6 Å². The zero-order valence-corrected chi connectivity index (χ0v) is 13.9. The highest BCUT2D eigenvalue weighted by Crippen LogP contribution is 2.34. The zero-order valence-electron chi connectivity index (χ0n) is 13.9. The lowest BCUT2D eigenvalue weighted by Crippen LogP contribution is -2.35. The highest BCUT2D eigenvalue weighted by atomic mass is 16.2. The first-order chi connectivity index (χ1) is 11.6. The Morgan fingerprint density at radius 1 is 1.17 bits per heavy atom. The molecule has 1 atom stereocenters. The smallest absolute Gasteiger partial charge is 0.314 e. The molecular formula is C19H21N3O2. The number of benzene rings is 2. The van der Waals surface area contributed by atoms with Crippen LogP contribution in [0.3, 0.4) is 0 Å². The van der Waals surface area contributed by atoms with E-state index in [1.54, 1.807) is 7.05 Å². The molecule has 2 N–H and O–H groups in total. The van der Waals surface area contributed by atoms with E-state index in [0.717, 1.165) is 23.2 Å². The Bertz CT molecular complexity index is 758. The minimum Gasteiger partial charge on any atom is -0.341 e. The van der Waals surface area contributed by atoms with Crippen molar-refractivity contribution in [1.29, 1.82) is 0 Å². The highest BCUT2D eigenvalue weighted by molar-refractivity contribution is 6.07. The van der Waals surface area contributed by atoms with Gasteiger partial charge < -0.3 is 15.5 Å². The highest BCUT2D eigenvalue weighted by Gasteiger charge is 2.31. The maximum atomic E-state index is 12.9. The molecule has 1 aliphatic heterocycles. The van der Waals surface area contributed by atoms with Gasteiger partial charge in [-0.05, 0) is 42.7 Å². The van der Waals surface area contributed by atoms with Crippen LogP contribution in [0.15, 0.2) is 48.5 Å². The van der Waals surface area contributed by atoms with Gasteiger partial charge in [-0.2, -0.15) is 0 Å². The van der Waals surface area contributed by atoms with Gasteiger partial charge in [0.05, 0.1) is 0 Å². The molecule has 3 rings (SSSR count). The van der Waals surface area contributed by atoms with Crippen molar-refractivity contribution in [2.45, 2.75) is 25.9 Å². The Kier molecular flexibility index (Phi) is 4.51. The van der Waals surface area contributed by atoms with Gasteiger partial charge in [0, 0.05) is 30.9 Å². The average molecular weight is 323 g/mol. The second kappa shape index (κ2) is 6.74. The molecule has 0 aliphatic carbocycles. The summed E-state index contributed by atoms with van der Waals surface area (Å²) >= 11 is 0. The lowest BCUT2D eigenvalue weighted by Gasteiger charge is -2.23. The van der Waals surface area contributed by atoms with E-state index in [2.05, 4.69) is 17.6 Å². The molecule has 124 valence electrons. The molecule has 1 heterocycles. The zero-order chi connectivity index (χ0) is 17.1. The number of urea groups is 1. The van der Waals surface area contributed by atoms with E-state index in [4.69, 9.17) is 0 Å². The Labute approximate surface area is 141 Å². The van der Waals surface area contributed by atoms with Crippen LogP contribution in [0.25, 0.3) is 0 Å². The van der Waals surface area contributed by atoms with Gasteiger partial charge in [-0.25, -0.2) is 4.79 Å². The second-order valence-electron chi connectivity index (χ2n) is 5.99. The first-order valence-corrected chi connectivity index (χ1v) is 8.06. The number of rotatable bonds is 3. The SMILES string of the molecule is CNC(=O)NCc1ccc2c(c1)N(C(=O)c1ccccc1)[C@H](C)C2. The van der Waals surface area contributed by atoms with Gasteiger partial charge >= 0.3 is 6.03 Å². The number of nitrogens with one attached hydrogen (secondary N) is 2. The van der Waals surface area contributed by atoms with Gasteiger partial charge in [0.1, 0.15) is 0 Å². The summed E-state index contributed by atoms with van der Waals surface area (Å²) in [5.74, 6) is 0.0123. The maximum Gasteiger partial charge on any atom is 0.314 e. The molecule has 0 saturated carbocycles. The van der Waals surface area contributed by atoms with E-state index in [1.165, 1.54) is 0 Å². The van der Waals surface area contributed by atoms with E-state index in [9.17, 15) is 9.59 Å². The van der Waals surface area contributed by atoms with E-state index in [1.807, 2.05) is 53.4 Å². The minimum absolute atomic E-state index is 0.0123. The lowest BCUT2D eigenvalue weighted by atomic mass is 10.1. The Hall–Kier alpha value is -2.82. The van der Waals surface area contributed by atoms with Crippen LogP contribution >= 0.6 is 0 Å². The van der Waals surface area contributed by atoms with Crippen LogP contribution in [0.2, 0.25) is 0 Å². The first kappa shape index (κ1) is 16.1. The van der Waals surface area contributed by atoms with Gasteiger partial charge in [0.25, 0.3) is 5.91 Å². The molecule has 2 aromatic rings. The summed E-state index contributed by atoms with van der Waals surface area (Å²) < 4.78 is 0. The Balaban J connectivity index is 1.86. The number of hydrogen-bond donors (Lipinski definition) is 2. The molecule has 5 nitrogen and oxygen atoms in total. The topological polar surface area (TPSA) is 61.4 Å². The lowest BCUT2D eigenvalue weighted by molar-refractivity contribution is 0.0981. The molecule has 24 heavy (non-hydrogen) atoms. The number of nitrogens with zero attached hydrogens (tertiary/aromatic N) is 1. The van der Waals surface area contributed by atoms with Crippen molar-refractivity contribution in [3.63, 3.8) is 0 Å². The summed E-state index contributed by atoms with van der Waals surface area (Å²) in [6, 6.07) is 15.3. The summed E-state index contributed by atoms with van der Waals surface area (Å²) in [4.78, 5) is 26.1. The van der Waals surface area contributed by atoms with Crippen LogP contribution in [0.1, 0.15) is 28.4 Å². The van der Waals surface area contributed by atoms with Gasteiger partial charge in [0.15, 0.2) is 0 Å². The Morgan fingerprint density at radius 3 is 2.62 bits per heavy atom. The molecule has 0 bridgehead atoms. The normalized spacial score (nSPS) is 15.8. The number of carbonyl (C=O) groups is 2.